The largest absolute Gasteiger partial charge is 0.417 e. The Labute approximate surface area is 160 Å². The number of hydrogen-bond donors (Lipinski definition) is 2. The molecule has 0 aliphatic carbocycles. The van der Waals surface area contributed by atoms with Crippen LogP contribution in [0.25, 0.3) is 0 Å². The van der Waals surface area contributed by atoms with Gasteiger partial charge in [-0.1, -0.05) is 54.4 Å². The van der Waals surface area contributed by atoms with Crippen molar-refractivity contribution in [2.75, 3.05) is 6.54 Å². The fraction of sp³-hybridized carbons (Fsp3) is 0.350. The highest BCUT2D eigenvalue weighted by Gasteiger charge is 2.35. The van der Waals surface area contributed by atoms with E-state index in [1.54, 1.807) is 0 Å². The van der Waals surface area contributed by atoms with Crippen LogP contribution < -0.4 is 10.6 Å². The standard InChI is InChI=1S/C20H20ClF3N2O/c21-17-14(9-6-10-15(17)20(22,23)24)19(27)26-18(13-7-2-1-3-8-13)16-11-4-5-12-25-16/h1-3,6-10,16,18,25H,4-5,11-12H2,(H,26,27)/t16-,18-/m1/s1. The molecule has 0 saturated carbocycles. The van der Waals surface area contributed by atoms with Gasteiger partial charge in [-0.15, -0.1) is 0 Å². The normalized spacial score (nSPS) is 18.7. The van der Waals surface area contributed by atoms with Gasteiger partial charge in [0.2, 0.25) is 0 Å². The molecule has 2 N–H and O–H groups in total. The zero-order valence-corrected chi connectivity index (χ0v) is 15.3. The number of carbonyl (C=O) groups is 1. The van der Waals surface area contributed by atoms with Crippen LogP contribution in [-0.2, 0) is 6.18 Å². The van der Waals surface area contributed by atoms with Gasteiger partial charge in [-0.05, 0) is 37.1 Å². The van der Waals surface area contributed by atoms with E-state index in [2.05, 4.69) is 10.6 Å². The molecule has 1 heterocycles. The first-order valence-electron chi connectivity index (χ1n) is 8.83. The van der Waals surface area contributed by atoms with Gasteiger partial charge in [-0.3, -0.25) is 4.79 Å². The first-order chi connectivity index (χ1) is 12.9. The monoisotopic (exact) mass is 396 g/mol. The summed E-state index contributed by atoms with van der Waals surface area (Å²) in [5, 5.41) is 5.70. The number of amides is 1. The number of rotatable bonds is 4. The lowest BCUT2D eigenvalue weighted by Crippen LogP contribution is -2.46. The van der Waals surface area contributed by atoms with Crippen molar-refractivity contribution in [2.45, 2.75) is 37.5 Å². The molecule has 0 aromatic heterocycles. The van der Waals surface area contributed by atoms with Gasteiger partial charge in [0.25, 0.3) is 5.91 Å². The van der Waals surface area contributed by atoms with E-state index in [1.165, 1.54) is 12.1 Å². The Morgan fingerprint density at radius 1 is 1.11 bits per heavy atom. The van der Waals surface area contributed by atoms with Crippen molar-refractivity contribution < 1.29 is 18.0 Å². The van der Waals surface area contributed by atoms with Crippen LogP contribution in [0.3, 0.4) is 0 Å². The number of nitrogens with one attached hydrogen (secondary N) is 2. The molecule has 3 rings (SSSR count). The van der Waals surface area contributed by atoms with Crippen LogP contribution in [0.2, 0.25) is 5.02 Å². The van der Waals surface area contributed by atoms with Crippen molar-refractivity contribution in [2.24, 2.45) is 0 Å². The lowest BCUT2D eigenvalue weighted by Gasteiger charge is -2.32. The van der Waals surface area contributed by atoms with Gasteiger partial charge in [0.1, 0.15) is 0 Å². The van der Waals surface area contributed by atoms with Crippen molar-refractivity contribution in [1.82, 2.24) is 10.6 Å². The second kappa shape index (κ2) is 8.31. The highest BCUT2D eigenvalue weighted by molar-refractivity contribution is 6.34. The SMILES string of the molecule is O=C(N[C@H](c1ccccc1)[C@H]1CCCCN1)c1cccc(C(F)(F)F)c1Cl. The number of carbonyl (C=O) groups excluding carboxylic acids is 1. The molecular formula is C20H20ClF3N2O. The summed E-state index contributed by atoms with van der Waals surface area (Å²) in [6, 6.07) is 12.4. The number of benzene rings is 2. The maximum atomic E-state index is 13.1. The average Bonchev–Trinajstić information content (AvgIpc) is 2.66. The molecule has 1 aliphatic heterocycles. The van der Waals surface area contributed by atoms with Crippen LogP contribution in [-0.4, -0.2) is 18.5 Å². The predicted molar refractivity (Wildman–Crippen MR) is 98.7 cm³/mol. The molecule has 1 aliphatic rings. The minimum atomic E-state index is -4.61. The first-order valence-corrected chi connectivity index (χ1v) is 9.20. The van der Waals surface area contributed by atoms with Crippen molar-refractivity contribution >= 4 is 17.5 Å². The molecule has 1 fully saturated rings. The molecule has 7 heteroatoms. The van der Waals surface area contributed by atoms with E-state index in [0.717, 1.165) is 37.4 Å². The summed E-state index contributed by atoms with van der Waals surface area (Å²) in [7, 11) is 0. The second-order valence-corrected chi connectivity index (χ2v) is 6.96. The number of piperidine rings is 1. The summed E-state index contributed by atoms with van der Waals surface area (Å²) in [6.45, 7) is 0.841. The van der Waals surface area contributed by atoms with Crippen LogP contribution in [0.5, 0.6) is 0 Å². The average molecular weight is 397 g/mol. The van der Waals surface area contributed by atoms with Gasteiger partial charge in [0, 0.05) is 6.04 Å². The third-order valence-electron chi connectivity index (χ3n) is 4.74. The van der Waals surface area contributed by atoms with Gasteiger partial charge in [0.05, 0.1) is 22.2 Å². The number of alkyl halides is 3. The summed E-state index contributed by atoms with van der Waals surface area (Å²) in [6.07, 6.45) is -1.65. The molecule has 2 aromatic rings. The lowest BCUT2D eigenvalue weighted by atomic mass is 9.92. The third-order valence-corrected chi connectivity index (χ3v) is 5.15. The minimum absolute atomic E-state index is 0.00896. The zero-order valence-electron chi connectivity index (χ0n) is 14.5. The summed E-state index contributed by atoms with van der Waals surface area (Å²) in [4.78, 5) is 12.8. The van der Waals surface area contributed by atoms with Crippen LogP contribution in [0.4, 0.5) is 13.2 Å². The molecule has 0 spiro atoms. The van der Waals surface area contributed by atoms with Crippen molar-refractivity contribution in [3.63, 3.8) is 0 Å². The summed E-state index contributed by atoms with van der Waals surface area (Å²) < 4.78 is 39.3. The first kappa shape index (κ1) is 19.7. The van der Waals surface area contributed by atoms with E-state index in [0.29, 0.717) is 0 Å². The molecule has 144 valence electrons. The molecule has 3 nitrogen and oxygen atoms in total. The van der Waals surface area contributed by atoms with E-state index in [9.17, 15) is 18.0 Å². The van der Waals surface area contributed by atoms with Gasteiger partial charge < -0.3 is 10.6 Å². The maximum absolute atomic E-state index is 13.1. The van der Waals surface area contributed by atoms with Gasteiger partial charge in [-0.25, -0.2) is 0 Å². The predicted octanol–water partition coefficient (Wildman–Crippen LogP) is 4.97. The Hall–Kier alpha value is -2.05. The maximum Gasteiger partial charge on any atom is 0.417 e. The van der Waals surface area contributed by atoms with Crippen LogP contribution >= 0.6 is 11.6 Å². The van der Waals surface area contributed by atoms with E-state index in [-0.39, 0.29) is 17.6 Å². The van der Waals surface area contributed by atoms with E-state index in [4.69, 9.17) is 11.6 Å². The molecule has 2 atom stereocenters. The fourth-order valence-electron chi connectivity index (χ4n) is 3.39. The van der Waals surface area contributed by atoms with Crippen LogP contribution in [0, 0.1) is 0 Å². The molecule has 0 radical (unpaired) electrons. The third kappa shape index (κ3) is 4.62. The lowest BCUT2D eigenvalue weighted by molar-refractivity contribution is -0.137. The van der Waals surface area contributed by atoms with Crippen molar-refractivity contribution in [3.8, 4) is 0 Å². The quantitative estimate of drug-likeness (QED) is 0.765. The topological polar surface area (TPSA) is 41.1 Å². The Balaban J connectivity index is 1.89. The van der Waals surface area contributed by atoms with E-state index in [1.807, 2.05) is 30.3 Å². The Kier molecular flexibility index (Phi) is 6.07. The van der Waals surface area contributed by atoms with Crippen molar-refractivity contribution in [3.05, 3.63) is 70.2 Å². The molecule has 27 heavy (non-hydrogen) atoms. The molecular weight excluding hydrogens is 377 g/mol. The molecule has 1 amide bonds. The summed E-state index contributed by atoms with van der Waals surface area (Å²) in [5.41, 5.74) is -0.291. The van der Waals surface area contributed by atoms with E-state index < -0.39 is 22.7 Å². The molecule has 1 saturated heterocycles. The van der Waals surface area contributed by atoms with Crippen LogP contribution in [0.15, 0.2) is 48.5 Å². The van der Waals surface area contributed by atoms with Crippen molar-refractivity contribution in [1.29, 1.82) is 0 Å². The zero-order chi connectivity index (χ0) is 19.4. The molecule has 2 aromatic carbocycles. The number of hydrogen-bond acceptors (Lipinski definition) is 2. The fourth-order valence-corrected chi connectivity index (χ4v) is 3.70. The highest BCUT2D eigenvalue weighted by atomic mass is 35.5. The number of halogens is 4. The van der Waals surface area contributed by atoms with Gasteiger partial charge in [-0.2, -0.15) is 13.2 Å². The summed E-state index contributed by atoms with van der Waals surface area (Å²) >= 11 is 5.91. The molecule has 0 bridgehead atoms. The summed E-state index contributed by atoms with van der Waals surface area (Å²) in [5.74, 6) is -0.618. The highest BCUT2D eigenvalue weighted by Crippen LogP contribution is 2.36. The van der Waals surface area contributed by atoms with Gasteiger partial charge in [0.15, 0.2) is 0 Å². The Morgan fingerprint density at radius 2 is 1.85 bits per heavy atom. The van der Waals surface area contributed by atoms with Crippen LogP contribution in [0.1, 0.15) is 46.8 Å². The van der Waals surface area contributed by atoms with Gasteiger partial charge >= 0.3 is 6.18 Å². The second-order valence-electron chi connectivity index (χ2n) is 6.58. The smallest absolute Gasteiger partial charge is 0.344 e. The van der Waals surface area contributed by atoms with E-state index >= 15 is 0 Å². The Bertz CT molecular complexity index is 790. The minimum Gasteiger partial charge on any atom is -0.344 e. The molecule has 0 unspecified atom stereocenters. The Morgan fingerprint density at radius 3 is 2.48 bits per heavy atom.